The molecule has 1 aliphatic heterocycles. The molecule has 0 aromatic carbocycles. The summed E-state index contributed by atoms with van der Waals surface area (Å²) in [7, 11) is 0. The monoisotopic (exact) mass is 447 g/mol. The summed E-state index contributed by atoms with van der Waals surface area (Å²) in [5.41, 5.74) is 0.861. The van der Waals surface area contributed by atoms with E-state index in [4.69, 9.17) is 4.52 Å². The van der Waals surface area contributed by atoms with Gasteiger partial charge in [0, 0.05) is 37.4 Å². The molecule has 30 heavy (non-hydrogen) atoms. The minimum Gasteiger partial charge on any atom is -0.355 e. The molecule has 0 atom stereocenters. The number of hydrogen-bond acceptors (Lipinski definition) is 6. The van der Waals surface area contributed by atoms with Crippen molar-refractivity contribution in [2.45, 2.75) is 56.7 Å². The largest absolute Gasteiger partial charge is 0.355 e. The van der Waals surface area contributed by atoms with Crippen molar-refractivity contribution in [3.8, 4) is 10.6 Å². The number of thioether (sulfide) groups is 1. The van der Waals surface area contributed by atoms with E-state index < -0.39 is 0 Å². The Morgan fingerprint density at radius 3 is 2.77 bits per heavy atom. The summed E-state index contributed by atoms with van der Waals surface area (Å²) in [6.07, 6.45) is 7.29. The van der Waals surface area contributed by atoms with Gasteiger partial charge < -0.3 is 14.7 Å². The number of likely N-dealkylation sites (tertiary alicyclic amines) is 1. The number of thiophene rings is 1. The molecule has 2 amide bonds. The fourth-order valence-corrected chi connectivity index (χ4v) is 5.76. The number of rotatable bonds is 8. The third-order valence-corrected chi connectivity index (χ3v) is 7.80. The van der Waals surface area contributed by atoms with Crippen LogP contribution in [0.4, 0.5) is 0 Å². The van der Waals surface area contributed by atoms with Crippen molar-refractivity contribution in [1.82, 2.24) is 15.4 Å². The highest BCUT2D eigenvalue weighted by molar-refractivity contribution is 7.99. The number of nitrogens with zero attached hydrogens (tertiary/aromatic N) is 2. The maximum absolute atomic E-state index is 12.5. The molecule has 2 fully saturated rings. The first-order chi connectivity index (χ1) is 14.7. The van der Waals surface area contributed by atoms with Crippen LogP contribution in [0.5, 0.6) is 0 Å². The zero-order valence-electron chi connectivity index (χ0n) is 17.2. The van der Waals surface area contributed by atoms with E-state index in [1.807, 2.05) is 28.5 Å². The minimum absolute atomic E-state index is 0.165. The van der Waals surface area contributed by atoms with Gasteiger partial charge in [-0.25, -0.2) is 0 Å². The highest BCUT2D eigenvalue weighted by Crippen LogP contribution is 2.28. The van der Waals surface area contributed by atoms with Crippen molar-refractivity contribution in [2.75, 3.05) is 18.8 Å². The van der Waals surface area contributed by atoms with Crippen LogP contribution in [-0.4, -0.2) is 46.8 Å². The molecule has 8 heteroatoms. The third-order valence-electron chi connectivity index (χ3n) is 5.96. The first-order valence-corrected chi connectivity index (χ1v) is 12.8. The van der Waals surface area contributed by atoms with E-state index >= 15 is 0 Å². The number of amides is 2. The highest BCUT2D eigenvalue weighted by atomic mass is 32.2. The van der Waals surface area contributed by atoms with Gasteiger partial charge in [-0.05, 0) is 43.0 Å². The van der Waals surface area contributed by atoms with Crippen LogP contribution < -0.4 is 5.32 Å². The van der Waals surface area contributed by atoms with Crippen LogP contribution in [0, 0.1) is 5.92 Å². The second-order valence-corrected chi connectivity index (χ2v) is 10.2. The Labute approximate surface area is 185 Å². The lowest BCUT2D eigenvalue weighted by atomic mass is 10.0. The van der Waals surface area contributed by atoms with Gasteiger partial charge in [0.1, 0.15) is 0 Å². The van der Waals surface area contributed by atoms with Crippen LogP contribution in [0.15, 0.2) is 28.1 Å². The Bertz CT molecular complexity index is 823. The third kappa shape index (κ3) is 5.88. The molecular formula is C22H29N3O3S2. The van der Waals surface area contributed by atoms with Crippen LogP contribution in [0.25, 0.3) is 10.6 Å². The van der Waals surface area contributed by atoms with Gasteiger partial charge in [0.2, 0.25) is 11.8 Å². The van der Waals surface area contributed by atoms with Crippen LogP contribution in [-0.2, 0) is 15.3 Å². The molecule has 3 heterocycles. The first-order valence-electron chi connectivity index (χ1n) is 10.8. The predicted octanol–water partition coefficient (Wildman–Crippen LogP) is 4.32. The van der Waals surface area contributed by atoms with Gasteiger partial charge in [0.05, 0.1) is 16.3 Å². The smallest absolute Gasteiger partial charge is 0.232 e. The summed E-state index contributed by atoms with van der Waals surface area (Å²) < 4.78 is 5.39. The molecule has 2 aromatic rings. The lowest BCUT2D eigenvalue weighted by Gasteiger charge is -2.32. The quantitative estimate of drug-likeness (QED) is 0.652. The normalized spacial score (nSPS) is 18.1. The molecule has 1 aliphatic carbocycles. The number of carbonyl (C=O) groups excluding carboxylic acids is 2. The topological polar surface area (TPSA) is 75.4 Å². The Hall–Kier alpha value is -1.80. The molecular weight excluding hydrogens is 418 g/mol. The van der Waals surface area contributed by atoms with Gasteiger partial charge in [-0.3, -0.25) is 9.59 Å². The van der Waals surface area contributed by atoms with Crippen LogP contribution in [0.3, 0.4) is 0 Å². The Kier molecular flexibility index (Phi) is 7.49. The van der Waals surface area contributed by atoms with Gasteiger partial charge in [-0.2, -0.15) is 0 Å². The molecule has 2 aromatic heterocycles. The predicted molar refractivity (Wildman–Crippen MR) is 120 cm³/mol. The van der Waals surface area contributed by atoms with Crippen molar-refractivity contribution in [1.29, 1.82) is 0 Å². The van der Waals surface area contributed by atoms with Gasteiger partial charge in [0.15, 0.2) is 5.76 Å². The van der Waals surface area contributed by atoms with Crippen molar-refractivity contribution in [3.63, 3.8) is 0 Å². The zero-order chi connectivity index (χ0) is 20.8. The van der Waals surface area contributed by atoms with E-state index in [2.05, 4.69) is 10.5 Å². The van der Waals surface area contributed by atoms with Crippen molar-refractivity contribution >= 4 is 34.9 Å². The number of nitrogens with one attached hydrogen (secondary N) is 1. The molecule has 0 unspecified atom stereocenters. The molecule has 0 spiro atoms. The average Bonchev–Trinajstić information content (AvgIpc) is 3.51. The Morgan fingerprint density at radius 1 is 1.23 bits per heavy atom. The zero-order valence-corrected chi connectivity index (χ0v) is 18.8. The maximum atomic E-state index is 12.5. The van der Waals surface area contributed by atoms with Gasteiger partial charge in [-0.15, -0.1) is 23.1 Å². The van der Waals surface area contributed by atoms with Crippen LogP contribution >= 0.6 is 23.1 Å². The fraction of sp³-hybridized carbons (Fsp3) is 0.591. The number of carbonyl (C=O) groups is 2. The van der Waals surface area contributed by atoms with Crippen molar-refractivity contribution in [3.05, 3.63) is 29.3 Å². The molecule has 1 saturated carbocycles. The van der Waals surface area contributed by atoms with Gasteiger partial charge in [0.25, 0.3) is 0 Å². The number of hydrogen-bond donors (Lipinski definition) is 1. The average molecular weight is 448 g/mol. The van der Waals surface area contributed by atoms with Gasteiger partial charge >= 0.3 is 0 Å². The SMILES string of the molecule is O=C(CC1CCCC1)NC1CCN(C(=O)CSCc2cc(-c3cccs3)on2)CC1. The Balaban J connectivity index is 1.13. The number of piperidine rings is 1. The van der Waals surface area contributed by atoms with E-state index in [0.717, 1.165) is 42.3 Å². The second-order valence-electron chi connectivity index (χ2n) is 8.23. The first kappa shape index (κ1) is 21.4. The Morgan fingerprint density at radius 2 is 2.03 bits per heavy atom. The van der Waals surface area contributed by atoms with E-state index in [0.29, 0.717) is 23.8 Å². The summed E-state index contributed by atoms with van der Waals surface area (Å²) in [6, 6.07) is 6.15. The standard InChI is InChI=1S/C22H29N3O3S2/c26-21(12-16-4-1-2-5-16)23-17-7-9-25(10-8-17)22(27)15-29-14-18-13-19(28-24-18)20-6-3-11-30-20/h3,6,11,13,16-17H,1-2,4-5,7-10,12,14-15H2,(H,23,26). The lowest BCUT2D eigenvalue weighted by Crippen LogP contribution is -2.47. The maximum Gasteiger partial charge on any atom is 0.232 e. The van der Waals surface area contributed by atoms with Crippen molar-refractivity contribution < 1.29 is 14.1 Å². The molecule has 2 aliphatic rings. The van der Waals surface area contributed by atoms with Gasteiger partial charge in [-0.1, -0.05) is 24.1 Å². The molecule has 6 nitrogen and oxygen atoms in total. The molecule has 162 valence electrons. The van der Waals surface area contributed by atoms with Crippen LogP contribution in [0.2, 0.25) is 0 Å². The number of aromatic nitrogens is 1. The van der Waals surface area contributed by atoms with E-state index in [1.165, 1.54) is 25.7 Å². The highest BCUT2D eigenvalue weighted by Gasteiger charge is 2.25. The van der Waals surface area contributed by atoms with Crippen LogP contribution in [0.1, 0.15) is 50.6 Å². The van der Waals surface area contributed by atoms with E-state index in [9.17, 15) is 9.59 Å². The summed E-state index contributed by atoms with van der Waals surface area (Å²) in [4.78, 5) is 27.7. The summed E-state index contributed by atoms with van der Waals surface area (Å²) in [6.45, 7) is 1.44. The molecule has 0 bridgehead atoms. The van der Waals surface area contributed by atoms with E-state index in [-0.39, 0.29) is 17.9 Å². The molecule has 4 rings (SSSR count). The fourth-order valence-electron chi connectivity index (χ4n) is 4.29. The van der Waals surface area contributed by atoms with Crippen molar-refractivity contribution in [2.24, 2.45) is 5.92 Å². The lowest BCUT2D eigenvalue weighted by molar-refractivity contribution is -0.129. The molecule has 1 saturated heterocycles. The summed E-state index contributed by atoms with van der Waals surface area (Å²) >= 11 is 3.19. The molecule has 1 N–H and O–H groups in total. The summed E-state index contributed by atoms with van der Waals surface area (Å²) in [5, 5.41) is 9.29. The second kappa shape index (κ2) is 10.5. The summed E-state index contributed by atoms with van der Waals surface area (Å²) in [5.74, 6) is 2.82. The van der Waals surface area contributed by atoms with E-state index in [1.54, 1.807) is 23.1 Å². The minimum atomic E-state index is 0.165. The molecule has 0 radical (unpaired) electrons.